The van der Waals surface area contributed by atoms with Gasteiger partial charge in [0.2, 0.25) is 16.0 Å². The van der Waals surface area contributed by atoms with Crippen LogP contribution >= 0.6 is 11.6 Å². The standard InChI is InChI=1S/C23H23ClN6O4S/c1-25-22(31)15-5-3-4-6-18(15)28-21-17(24)10-26-23(29-21)27-13-7-8-14-16(9-13)20-12-30(35(2,32)33)11-19(14)34-20/h3-10,19-20H,11-12H2,1-2H3,(H,25,31)(H2,26,27,28,29). The van der Waals surface area contributed by atoms with E-state index in [2.05, 4.69) is 25.9 Å². The van der Waals surface area contributed by atoms with Crippen molar-refractivity contribution in [3.63, 3.8) is 0 Å². The first-order valence-electron chi connectivity index (χ1n) is 10.8. The highest BCUT2D eigenvalue weighted by atomic mass is 35.5. The Morgan fingerprint density at radius 2 is 1.86 bits per heavy atom. The van der Waals surface area contributed by atoms with Gasteiger partial charge in [0, 0.05) is 25.8 Å². The molecule has 1 aromatic heterocycles. The maximum atomic E-state index is 12.2. The number of para-hydroxylation sites is 1. The summed E-state index contributed by atoms with van der Waals surface area (Å²) in [5.41, 5.74) is 3.66. The normalized spacial score (nSPS) is 19.2. The first-order valence-corrected chi connectivity index (χ1v) is 13.1. The summed E-state index contributed by atoms with van der Waals surface area (Å²) in [4.78, 5) is 20.9. The molecule has 2 bridgehead atoms. The van der Waals surface area contributed by atoms with Crippen LogP contribution in [0.4, 0.5) is 23.1 Å². The topological polar surface area (TPSA) is 126 Å². The Hall–Kier alpha value is -3.25. The number of halogens is 1. The van der Waals surface area contributed by atoms with E-state index in [0.717, 1.165) is 16.8 Å². The number of nitrogens with zero attached hydrogens (tertiary/aromatic N) is 3. The van der Waals surface area contributed by atoms with Gasteiger partial charge < -0.3 is 20.7 Å². The number of hydrogen-bond donors (Lipinski definition) is 3. The van der Waals surface area contributed by atoms with E-state index in [9.17, 15) is 13.2 Å². The number of rotatable bonds is 6. The number of nitrogens with one attached hydrogen (secondary N) is 3. The number of carbonyl (C=O) groups is 1. The predicted octanol–water partition coefficient (Wildman–Crippen LogP) is 3.36. The van der Waals surface area contributed by atoms with Crippen molar-refractivity contribution in [3.8, 4) is 0 Å². The van der Waals surface area contributed by atoms with E-state index in [0.29, 0.717) is 34.6 Å². The van der Waals surface area contributed by atoms with Crippen LogP contribution in [0.15, 0.2) is 48.7 Å². The lowest BCUT2D eigenvalue weighted by molar-refractivity contribution is -0.0430. The molecule has 3 N–H and O–H groups in total. The van der Waals surface area contributed by atoms with Crippen molar-refractivity contribution in [2.75, 3.05) is 37.0 Å². The van der Waals surface area contributed by atoms with Crippen LogP contribution in [-0.4, -0.2) is 55.0 Å². The van der Waals surface area contributed by atoms with E-state index in [1.807, 2.05) is 18.2 Å². The molecule has 2 atom stereocenters. The first-order chi connectivity index (χ1) is 16.7. The summed E-state index contributed by atoms with van der Waals surface area (Å²) >= 11 is 6.32. The van der Waals surface area contributed by atoms with Gasteiger partial charge in [-0.2, -0.15) is 9.29 Å². The molecular formula is C23H23ClN6O4S. The molecule has 1 saturated heterocycles. The van der Waals surface area contributed by atoms with E-state index in [4.69, 9.17) is 16.3 Å². The van der Waals surface area contributed by atoms with Crippen molar-refractivity contribution in [2.24, 2.45) is 0 Å². The van der Waals surface area contributed by atoms with Gasteiger partial charge in [0.15, 0.2) is 5.82 Å². The number of carbonyl (C=O) groups excluding carboxylic acids is 1. The number of sulfonamides is 1. The van der Waals surface area contributed by atoms with Gasteiger partial charge in [-0.1, -0.05) is 29.8 Å². The van der Waals surface area contributed by atoms with E-state index in [-0.39, 0.29) is 24.7 Å². The highest BCUT2D eigenvalue weighted by molar-refractivity contribution is 7.88. The monoisotopic (exact) mass is 514 g/mol. The first kappa shape index (κ1) is 23.5. The third-order valence-electron chi connectivity index (χ3n) is 5.97. The fourth-order valence-corrected chi connectivity index (χ4v) is 5.21. The maximum absolute atomic E-state index is 12.2. The lowest BCUT2D eigenvalue weighted by Gasteiger charge is -2.30. The molecule has 0 saturated carbocycles. The number of anilines is 4. The zero-order valence-electron chi connectivity index (χ0n) is 18.9. The van der Waals surface area contributed by atoms with Gasteiger partial charge in [0.1, 0.15) is 5.02 Å². The summed E-state index contributed by atoms with van der Waals surface area (Å²) in [6.45, 7) is 0.587. The van der Waals surface area contributed by atoms with Crippen molar-refractivity contribution in [1.82, 2.24) is 19.6 Å². The summed E-state index contributed by atoms with van der Waals surface area (Å²) in [6, 6.07) is 12.8. The Labute approximate surface area is 207 Å². The van der Waals surface area contributed by atoms with Crippen LogP contribution in [-0.2, 0) is 14.8 Å². The summed E-state index contributed by atoms with van der Waals surface area (Å²) in [6.07, 6.45) is 2.07. The van der Waals surface area contributed by atoms with Crippen molar-refractivity contribution in [3.05, 3.63) is 70.4 Å². The third-order valence-corrected chi connectivity index (χ3v) is 7.48. The molecule has 0 radical (unpaired) electrons. The number of benzene rings is 2. The quantitative estimate of drug-likeness (QED) is 0.457. The molecule has 35 heavy (non-hydrogen) atoms. The number of amides is 1. The second-order valence-corrected chi connectivity index (χ2v) is 10.7. The zero-order valence-corrected chi connectivity index (χ0v) is 20.5. The highest BCUT2D eigenvalue weighted by Crippen LogP contribution is 2.45. The molecule has 2 unspecified atom stereocenters. The molecular weight excluding hydrogens is 492 g/mol. The summed E-state index contributed by atoms with van der Waals surface area (Å²) in [5.74, 6) is 0.398. The van der Waals surface area contributed by atoms with Crippen molar-refractivity contribution < 1.29 is 17.9 Å². The SMILES string of the molecule is CNC(=O)c1ccccc1Nc1nc(Nc2ccc3c(c2)C2CN(S(C)(=O)=O)CC3O2)ncc1Cl. The Morgan fingerprint density at radius 1 is 1.11 bits per heavy atom. The van der Waals surface area contributed by atoms with Gasteiger partial charge in [-0.05, 0) is 35.4 Å². The second kappa shape index (κ2) is 9.08. The molecule has 12 heteroatoms. The van der Waals surface area contributed by atoms with Crippen molar-refractivity contribution in [2.45, 2.75) is 12.2 Å². The number of morpholine rings is 1. The van der Waals surface area contributed by atoms with E-state index in [1.165, 1.54) is 16.8 Å². The van der Waals surface area contributed by atoms with Gasteiger partial charge in [-0.25, -0.2) is 13.4 Å². The summed E-state index contributed by atoms with van der Waals surface area (Å²) < 4.78 is 31.5. The van der Waals surface area contributed by atoms with Crippen LogP contribution in [0.5, 0.6) is 0 Å². The summed E-state index contributed by atoms with van der Waals surface area (Å²) in [5, 5.41) is 9.18. The lowest BCUT2D eigenvalue weighted by atomic mass is 10.0. The van der Waals surface area contributed by atoms with Gasteiger partial charge in [-0.3, -0.25) is 4.79 Å². The zero-order chi connectivity index (χ0) is 24.7. The third kappa shape index (κ3) is 4.67. The molecule has 0 aliphatic carbocycles. The van der Waals surface area contributed by atoms with Crippen LogP contribution in [0.25, 0.3) is 0 Å². The molecule has 2 aromatic carbocycles. The predicted molar refractivity (Wildman–Crippen MR) is 133 cm³/mol. The van der Waals surface area contributed by atoms with Crippen LogP contribution in [0.1, 0.15) is 33.7 Å². The largest absolute Gasteiger partial charge is 0.363 e. The molecule has 182 valence electrons. The molecule has 1 amide bonds. The van der Waals surface area contributed by atoms with Gasteiger partial charge in [0.25, 0.3) is 5.91 Å². The summed E-state index contributed by atoms with van der Waals surface area (Å²) in [7, 11) is -1.74. The van der Waals surface area contributed by atoms with Gasteiger partial charge >= 0.3 is 0 Å². The minimum atomic E-state index is -3.30. The van der Waals surface area contributed by atoms with Gasteiger partial charge in [0.05, 0.1) is 35.9 Å². The second-order valence-electron chi connectivity index (χ2n) is 8.30. The molecule has 3 aromatic rings. The molecule has 0 spiro atoms. The number of hydrogen-bond acceptors (Lipinski definition) is 8. The molecule has 2 aliphatic rings. The fraction of sp³-hybridized carbons (Fsp3) is 0.261. The van der Waals surface area contributed by atoms with Crippen LogP contribution < -0.4 is 16.0 Å². The molecule has 5 rings (SSSR count). The highest BCUT2D eigenvalue weighted by Gasteiger charge is 2.41. The fourth-order valence-electron chi connectivity index (χ4n) is 4.26. The van der Waals surface area contributed by atoms with E-state index >= 15 is 0 Å². The maximum Gasteiger partial charge on any atom is 0.253 e. The molecule has 10 nitrogen and oxygen atoms in total. The van der Waals surface area contributed by atoms with Crippen molar-refractivity contribution >= 4 is 50.7 Å². The Bertz CT molecular complexity index is 1420. The number of aromatic nitrogens is 2. The van der Waals surface area contributed by atoms with Crippen molar-refractivity contribution in [1.29, 1.82) is 0 Å². The van der Waals surface area contributed by atoms with E-state index in [1.54, 1.807) is 31.3 Å². The smallest absolute Gasteiger partial charge is 0.253 e. The Kier molecular flexibility index (Phi) is 6.09. The number of ether oxygens (including phenoxy) is 1. The molecule has 2 aliphatic heterocycles. The minimum absolute atomic E-state index is 0.239. The average molecular weight is 515 g/mol. The van der Waals surface area contributed by atoms with Crippen LogP contribution in [0, 0.1) is 0 Å². The van der Waals surface area contributed by atoms with E-state index < -0.39 is 10.0 Å². The van der Waals surface area contributed by atoms with Crippen LogP contribution in [0.2, 0.25) is 5.02 Å². The Morgan fingerprint density at radius 3 is 2.60 bits per heavy atom. The van der Waals surface area contributed by atoms with Crippen LogP contribution in [0.3, 0.4) is 0 Å². The minimum Gasteiger partial charge on any atom is -0.363 e. The van der Waals surface area contributed by atoms with Gasteiger partial charge in [-0.15, -0.1) is 0 Å². The molecule has 3 heterocycles. The number of fused-ring (bicyclic) bond motifs is 5. The lowest BCUT2D eigenvalue weighted by Crippen LogP contribution is -2.39. The molecule has 1 fully saturated rings. The average Bonchev–Trinajstić information content (AvgIpc) is 3.09. The Balaban J connectivity index is 1.38.